The average molecular weight is 400 g/mol. The molecule has 1 aromatic carbocycles. The van der Waals surface area contributed by atoms with Crippen LogP contribution in [0.1, 0.15) is 11.1 Å². The Morgan fingerprint density at radius 1 is 0.967 bits per heavy atom. The largest absolute Gasteiger partial charge is 0.383 e. The van der Waals surface area contributed by atoms with Crippen LogP contribution in [0.15, 0.2) is 61.1 Å². The number of hydrogen-bond donors (Lipinski definition) is 1. The molecule has 1 saturated heterocycles. The van der Waals surface area contributed by atoms with E-state index in [2.05, 4.69) is 49.4 Å². The van der Waals surface area contributed by atoms with Crippen molar-refractivity contribution in [3.63, 3.8) is 0 Å². The number of likely N-dealkylation sites (N-methyl/N-ethyl adjacent to an activating group) is 1. The van der Waals surface area contributed by atoms with Gasteiger partial charge in [0.25, 0.3) is 0 Å². The maximum Gasteiger partial charge on any atom is 0.180 e. The topological polar surface area (TPSA) is 75.6 Å². The highest BCUT2D eigenvalue weighted by atomic mass is 15.3. The third-order valence-corrected chi connectivity index (χ3v) is 5.72. The number of nitrogens with two attached hydrogens (primary N) is 1. The van der Waals surface area contributed by atoms with Crippen LogP contribution in [0.3, 0.4) is 0 Å². The predicted molar refractivity (Wildman–Crippen MR) is 120 cm³/mol. The van der Waals surface area contributed by atoms with Crippen molar-refractivity contribution >= 4 is 17.3 Å². The van der Waals surface area contributed by atoms with Crippen molar-refractivity contribution in [3.05, 3.63) is 72.2 Å². The van der Waals surface area contributed by atoms with E-state index in [0.29, 0.717) is 5.82 Å². The zero-order valence-electron chi connectivity index (χ0n) is 17.1. The van der Waals surface area contributed by atoms with Crippen LogP contribution in [0.5, 0.6) is 0 Å². The van der Waals surface area contributed by atoms with Crippen LogP contribution in [0.25, 0.3) is 17.0 Å². The van der Waals surface area contributed by atoms with Crippen molar-refractivity contribution in [2.45, 2.75) is 6.42 Å². The van der Waals surface area contributed by atoms with Crippen molar-refractivity contribution < 1.29 is 0 Å². The molecule has 1 aliphatic heterocycles. The molecule has 7 nitrogen and oxygen atoms in total. The van der Waals surface area contributed by atoms with E-state index >= 15 is 0 Å². The van der Waals surface area contributed by atoms with Gasteiger partial charge in [-0.05, 0) is 24.2 Å². The molecule has 1 fully saturated rings. The molecule has 4 aromatic rings. The van der Waals surface area contributed by atoms with Crippen LogP contribution in [0.4, 0.5) is 11.6 Å². The van der Waals surface area contributed by atoms with E-state index in [9.17, 15) is 0 Å². The first-order valence-corrected chi connectivity index (χ1v) is 10.2. The summed E-state index contributed by atoms with van der Waals surface area (Å²) in [5, 5.41) is 0. The lowest BCUT2D eigenvalue weighted by Crippen LogP contribution is -2.45. The molecule has 0 saturated carbocycles. The summed E-state index contributed by atoms with van der Waals surface area (Å²) in [6.45, 7) is 3.95. The highest BCUT2D eigenvalue weighted by Gasteiger charge is 2.20. The number of benzene rings is 1. The van der Waals surface area contributed by atoms with Crippen molar-refractivity contribution in [2.75, 3.05) is 43.9 Å². The first kappa shape index (κ1) is 18.6. The lowest BCUT2D eigenvalue weighted by Gasteiger charge is -2.33. The Balaban J connectivity index is 1.46. The third-order valence-electron chi connectivity index (χ3n) is 5.72. The molecule has 0 bridgehead atoms. The molecule has 0 aliphatic carbocycles. The minimum atomic E-state index is 0.555. The molecular weight excluding hydrogens is 374 g/mol. The maximum atomic E-state index is 6.31. The summed E-state index contributed by atoms with van der Waals surface area (Å²) in [6, 6.07) is 14.4. The van der Waals surface area contributed by atoms with Crippen molar-refractivity contribution in [3.8, 4) is 11.4 Å². The second-order valence-corrected chi connectivity index (χ2v) is 7.78. The fourth-order valence-corrected chi connectivity index (χ4v) is 3.95. The Morgan fingerprint density at radius 2 is 1.77 bits per heavy atom. The Labute approximate surface area is 175 Å². The van der Waals surface area contributed by atoms with Crippen LogP contribution in [-0.2, 0) is 6.42 Å². The fraction of sp³-hybridized carbons (Fsp3) is 0.261. The Bertz CT molecular complexity index is 1160. The number of fused-ring (bicyclic) bond motifs is 1. The number of rotatable bonds is 4. The van der Waals surface area contributed by atoms with Crippen LogP contribution in [0, 0.1) is 0 Å². The van der Waals surface area contributed by atoms with E-state index in [0.717, 1.165) is 61.0 Å². The molecular formula is C23H25N7. The molecule has 7 heteroatoms. The highest BCUT2D eigenvalue weighted by Crippen LogP contribution is 2.26. The quantitative estimate of drug-likeness (QED) is 0.569. The summed E-state index contributed by atoms with van der Waals surface area (Å²) in [7, 11) is 2.15. The average Bonchev–Trinajstić information content (AvgIpc) is 3.21. The lowest BCUT2D eigenvalue weighted by atomic mass is 10.1. The fourth-order valence-electron chi connectivity index (χ4n) is 3.95. The van der Waals surface area contributed by atoms with E-state index in [-0.39, 0.29) is 0 Å². The number of anilines is 2. The molecule has 30 heavy (non-hydrogen) atoms. The number of imidazole rings is 1. The number of aromatic nitrogens is 4. The van der Waals surface area contributed by atoms with E-state index in [1.807, 2.05) is 42.9 Å². The third kappa shape index (κ3) is 3.48. The van der Waals surface area contributed by atoms with Crippen LogP contribution in [-0.4, -0.2) is 57.5 Å². The van der Waals surface area contributed by atoms with Crippen LogP contribution in [0.2, 0.25) is 0 Å². The summed E-state index contributed by atoms with van der Waals surface area (Å²) < 4.78 is 2.05. The van der Waals surface area contributed by atoms with Crippen molar-refractivity contribution in [1.29, 1.82) is 0 Å². The first-order chi connectivity index (χ1) is 14.7. The monoisotopic (exact) mass is 399 g/mol. The van der Waals surface area contributed by atoms with E-state index < -0.39 is 0 Å². The molecule has 0 spiro atoms. The molecule has 0 radical (unpaired) electrons. The van der Waals surface area contributed by atoms with Gasteiger partial charge in [-0.3, -0.25) is 4.40 Å². The number of pyridine rings is 1. The summed E-state index contributed by atoms with van der Waals surface area (Å²) in [5.74, 6) is 1.48. The van der Waals surface area contributed by atoms with Gasteiger partial charge in [0.2, 0.25) is 0 Å². The highest BCUT2D eigenvalue weighted by molar-refractivity contribution is 5.71. The van der Waals surface area contributed by atoms with Gasteiger partial charge in [-0.1, -0.05) is 36.4 Å². The molecule has 0 unspecified atom stereocenters. The lowest BCUT2D eigenvalue weighted by molar-refractivity contribution is 0.312. The molecule has 0 amide bonds. The zero-order valence-corrected chi connectivity index (χ0v) is 17.1. The Kier molecular flexibility index (Phi) is 4.80. The van der Waals surface area contributed by atoms with E-state index in [1.165, 1.54) is 5.56 Å². The van der Waals surface area contributed by atoms with Gasteiger partial charge in [0.1, 0.15) is 5.82 Å². The Hall–Kier alpha value is -3.45. The van der Waals surface area contributed by atoms with Crippen molar-refractivity contribution in [2.24, 2.45) is 0 Å². The second-order valence-electron chi connectivity index (χ2n) is 7.78. The molecule has 152 valence electrons. The van der Waals surface area contributed by atoms with Gasteiger partial charge in [0.05, 0.1) is 17.6 Å². The second kappa shape index (κ2) is 7.76. The molecule has 5 rings (SSSR count). The maximum absolute atomic E-state index is 6.31. The molecule has 0 atom stereocenters. The molecule has 1 aliphatic rings. The number of nitrogens with zero attached hydrogens (tertiary/aromatic N) is 6. The number of nitrogen functional groups attached to an aromatic ring is 1. The van der Waals surface area contributed by atoms with Gasteiger partial charge < -0.3 is 15.5 Å². The van der Waals surface area contributed by atoms with Gasteiger partial charge in [0.15, 0.2) is 11.5 Å². The van der Waals surface area contributed by atoms with Gasteiger partial charge in [-0.2, -0.15) is 0 Å². The summed E-state index contributed by atoms with van der Waals surface area (Å²) in [5.41, 5.74) is 11.1. The zero-order chi connectivity index (χ0) is 20.5. The normalized spacial score (nSPS) is 15.0. The van der Waals surface area contributed by atoms with Crippen LogP contribution < -0.4 is 10.6 Å². The smallest absolute Gasteiger partial charge is 0.180 e. The van der Waals surface area contributed by atoms with Crippen LogP contribution >= 0.6 is 0 Å². The standard InChI is InChI=1S/C23H25N7/c1-28-11-13-29(14-12-28)22-23-26-16-20(30(23)10-9-25-22)19-8-7-18(21(24)27-19)15-17-5-3-2-4-6-17/h2-10,16H,11-15H2,1H3,(H2,24,27). The summed E-state index contributed by atoms with van der Waals surface area (Å²) >= 11 is 0. The summed E-state index contributed by atoms with van der Waals surface area (Å²) in [6.07, 6.45) is 6.39. The van der Waals surface area contributed by atoms with E-state index in [1.54, 1.807) is 0 Å². The summed E-state index contributed by atoms with van der Waals surface area (Å²) in [4.78, 5) is 18.6. The SMILES string of the molecule is CN1CCN(c2nccn3c(-c4ccc(Cc5ccccc5)c(N)n4)cnc23)CC1. The molecule has 3 aromatic heterocycles. The number of hydrogen-bond acceptors (Lipinski definition) is 6. The van der Waals surface area contributed by atoms with Gasteiger partial charge in [0, 0.05) is 45.0 Å². The van der Waals surface area contributed by atoms with Gasteiger partial charge in [-0.25, -0.2) is 15.0 Å². The molecule has 4 heterocycles. The predicted octanol–water partition coefficient (Wildman–Crippen LogP) is 2.72. The van der Waals surface area contributed by atoms with E-state index in [4.69, 9.17) is 10.7 Å². The van der Waals surface area contributed by atoms with Gasteiger partial charge in [-0.15, -0.1) is 0 Å². The minimum absolute atomic E-state index is 0.555. The first-order valence-electron chi connectivity index (χ1n) is 10.2. The van der Waals surface area contributed by atoms with Crippen molar-refractivity contribution in [1.82, 2.24) is 24.3 Å². The minimum Gasteiger partial charge on any atom is -0.383 e. The van der Waals surface area contributed by atoms with Gasteiger partial charge >= 0.3 is 0 Å². The number of piperazine rings is 1. The Morgan fingerprint density at radius 3 is 2.53 bits per heavy atom. The molecule has 2 N–H and O–H groups in total.